The molecule has 0 fully saturated rings. The van der Waals surface area contributed by atoms with E-state index in [4.69, 9.17) is 5.11 Å². The number of hydrogen-bond acceptors (Lipinski definition) is 3. The second-order valence-electron chi connectivity index (χ2n) is 3.62. The van der Waals surface area contributed by atoms with Crippen LogP contribution in [0.15, 0.2) is 18.2 Å². The van der Waals surface area contributed by atoms with Gasteiger partial charge < -0.3 is 15.2 Å². The van der Waals surface area contributed by atoms with Crippen molar-refractivity contribution in [3.63, 3.8) is 0 Å². The first-order valence-corrected chi connectivity index (χ1v) is 5.12. The summed E-state index contributed by atoms with van der Waals surface area (Å²) in [5, 5.41) is 10.6. The van der Waals surface area contributed by atoms with Crippen LogP contribution >= 0.6 is 0 Å². The van der Waals surface area contributed by atoms with E-state index < -0.39 is 30.5 Å². The average molecular weight is 281 g/mol. The Morgan fingerprint density at radius 2 is 2.11 bits per heavy atom. The molecule has 0 saturated carbocycles. The van der Waals surface area contributed by atoms with E-state index >= 15 is 0 Å². The molecular weight excluding hydrogens is 270 g/mol. The van der Waals surface area contributed by atoms with Crippen molar-refractivity contribution in [1.29, 1.82) is 0 Å². The van der Waals surface area contributed by atoms with Crippen molar-refractivity contribution in [3.8, 4) is 5.75 Å². The fourth-order valence-electron chi connectivity index (χ4n) is 1.21. The SMILES string of the molecule is COc1cc(C(=O)NCC(O)C(F)(F)F)ccc1F. The van der Waals surface area contributed by atoms with Gasteiger partial charge in [-0.15, -0.1) is 0 Å². The number of aliphatic hydroxyl groups excluding tert-OH is 1. The Morgan fingerprint density at radius 3 is 2.63 bits per heavy atom. The first kappa shape index (κ1) is 15.2. The third kappa shape index (κ3) is 4.09. The van der Waals surface area contributed by atoms with E-state index in [0.717, 1.165) is 18.2 Å². The highest BCUT2D eigenvalue weighted by Gasteiger charge is 2.38. The van der Waals surface area contributed by atoms with Crippen LogP contribution in [-0.2, 0) is 0 Å². The van der Waals surface area contributed by atoms with Gasteiger partial charge in [-0.3, -0.25) is 4.79 Å². The number of amides is 1. The highest BCUT2D eigenvalue weighted by Crippen LogP contribution is 2.20. The average Bonchev–Trinajstić information content (AvgIpc) is 2.34. The van der Waals surface area contributed by atoms with Crippen LogP contribution in [-0.4, -0.2) is 36.9 Å². The molecule has 8 heteroatoms. The molecule has 0 aliphatic heterocycles. The maximum atomic E-state index is 13.1. The highest BCUT2D eigenvalue weighted by atomic mass is 19.4. The molecule has 4 nitrogen and oxygen atoms in total. The van der Waals surface area contributed by atoms with E-state index in [1.807, 2.05) is 5.32 Å². The van der Waals surface area contributed by atoms with Gasteiger partial charge in [0.1, 0.15) is 0 Å². The number of aliphatic hydroxyl groups is 1. The molecule has 106 valence electrons. The fourth-order valence-corrected chi connectivity index (χ4v) is 1.21. The number of benzene rings is 1. The molecule has 0 radical (unpaired) electrons. The number of nitrogens with one attached hydrogen (secondary N) is 1. The Hall–Kier alpha value is -1.83. The third-order valence-electron chi connectivity index (χ3n) is 2.25. The van der Waals surface area contributed by atoms with E-state index in [0.29, 0.717) is 0 Å². The lowest BCUT2D eigenvalue weighted by atomic mass is 10.2. The van der Waals surface area contributed by atoms with Crippen LogP contribution in [0.3, 0.4) is 0 Å². The van der Waals surface area contributed by atoms with Gasteiger partial charge in [0.05, 0.1) is 13.7 Å². The molecule has 1 aromatic carbocycles. The van der Waals surface area contributed by atoms with Crippen molar-refractivity contribution in [2.24, 2.45) is 0 Å². The number of carbonyl (C=O) groups is 1. The minimum absolute atomic E-state index is 0.0763. The minimum atomic E-state index is -4.81. The van der Waals surface area contributed by atoms with Crippen molar-refractivity contribution in [2.45, 2.75) is 12.3 Å². The highest BCUT2D eigenvalue weighted by molar-refractivity contribution is 5.94. The number of alkyl halides is 3. The maximum Gasteiger partial charge on any atom is 0.416 e. The molecule has 0 heterocycles. The summed E-state index contributed by atoms with van der Waals surface area (Å²) >= 11 is 0. The molecular formula is C11H11F4NO3. The molecule has 1 rings (SSSR count). The Bertz CT molecular complexity index is 462. The van der Waals surface area contributed by atoms with Crippen molar-refractivity contribution < 1.29 is 32.2 Å². The Balaban J connectivity index is 2.69. The van der Waals surface area contributed by atoms with E-state index in [1.165, 1.54) is 7.11 Å². The molecule has 1 amide bonds. The largest absolute Gasteiger partial charge is 0.494 e. The van der Waals surface area contributed by atoms with Gasteiger partial charge in [0.15, 0.2) is 17.7 Å². The lowest BCUT2D eigenvalue weighted by Gasteiger charge is -2.15. The summed E-state index contributed by atoms with van der Waals surface area (Å²) in [4.78, 5) is 11.5. The molecule has 1 aromatic rings. The quantitative estimate of drug-likeness (QED) is 0.822. The second kappa shape index (κ2) is 5.87. The van der Waals surface area contributed by atoms with Crippen LogP contribution in [0.2, 0.25) is 0 Å². The first-order valence-electron chi connectivity index (χ1n) is 5.12. The standard InChI is InChI=1S/C11H11F4NO3/c1-19-8-4-6(2-3-7(8)12)10(18)16-5-9(17)11(13,14)15/h2-4,9,17H,5H2,1H3,(H,16,18). The summed E-state index contributed by atoms with van der Waals surface area (Å²) in [6.45, 7) is -0.984. The normalized spacial score (nSPS) is 12.9. The zero-order chi connectivity index (χ0) is 14.6. The van der Waals surface area contributed by atoms with Crippen molar-refractivity contribution >= 4 is 5.91 Å². The predicted octanol–water partition coefficient (Wildman–Crippen LogP) is 1.49. The van der Waals surface area contributed by atoms with Crippen LogP contribution < -0.4 is 10.1 Å². The van der Waals surface area contributed by atoms with Crippen LogP contribution in [0.4, 0.5) is 17.6 Å². The van der Waals surface area contributed by atoms with Gasteiger partial charge in [-0.2, -0.15) is 13.2 Å². The predicted molar refractivity (Wildman–Crippen MR) is 57.3 cm³/mol. The van der Waals surface area contributed by atoms with E-state index in [9.17, 15) is 22.4 Å². The van der Waals surface area contributed by atoms with Gasteiger partial charge in [-0.05, 0) is 18.2 Å². The molecule has 1 atom stereocenters. The smallest absolute Gasteiger partial charge is 0.416 e. The number of carbonyl (C=O) groups excluding carboxylic acids is 1. The monoisotopic (exact) mass is 281 g/mol. The number of methoxy groups -OCH3 is 1. The zero-order valence-electron chi connectivity index (χ0n) is 9.79. The molecule has 0 bridgehead atoms. The Kier molecular flexibility index (Phi) is 4.71. The third-order valence-corrected chi connectivity index (χ3v) is 2.25. The van der Waals surface area contributed by atoms with E-state index in [2.05, 4.69) is 4.74 Å². The number of halogens is 4. The van der Waals surface area contributed by atoms with Gasteiger partial charge in [0, 0.05) is 5.56 Å². The summed E-state index contributed by atoms with van der Waals surface area (Å²) in [5.41, 5.74) is -0.0763. The lowest BCUT2D eigenvalue weighted by molar-refractivity contribution is -0.201. The van der Waals surface area contributed by atoms with Gasteiger partial charge in [0.2, 0.25) is 0 Å². The number of rotatable bonds is 4. The molecule has 0 aliphatic carbocycles. The topological polar surface area (TPSA) is 58.6 Å². The van der Waals surface area contributed by atoms with Crippen LogP contribution in [0.1, 0.15) is 10.4 Å². The van der Waals surface area contributed by atoms with E-state index in [1.54, 1.807) is 0 Å². The number of ether oxygens (including phenoxy) is 1. The van der Waals surface area contributed by atoms with E-state index in [-0.39, 0.29) is 11.3 Å². The number of hydrogen-bond donors (Lipinski definition) is 2. The first-order chi connectivity index (χ1) is 8.75. The van der Waals surface area contributed by atoms with Crippen molar-refractivity contribution in [2.75, 3.05) is 13.7 Å². The van der Waals surface area contributed by atoms with Gasteiger partial charge in [0.25, 0.3) is 5.91 Å². The summed E-state index contributed by atoms with van der Waals surface area (Å²) in [6, 6.07) is 3.09. The summed E-state index contributed by atoms with van der Waals surface area (Å²) < 4.78 is 53.7. The molecule has 0 saturated heterocycles. The molecule has 19 heavy (non-hydrogen) atoms. The van der Waals surface area contributed by atoms with Crippen LogP contribution in [0.25, 0.3) is 0 Å². The minimum Gasteiger partial charge on any atom is -0.494 e. The van der Waals surface area contributed by atoms with Crippen molar-refractivity contribution in [1.82, 2.24) is 5.32 Å². The lowest BCUT2D eigenvalue weighted by Crippen LogP contribution is -2.40. The Labute approximate surface area is 106 Å². The van der Waals surface area contributed by atoms with Gasteiger partial charge in [-0.25, -0.2) is 4.39 Å². The van der Waals surface area contributed by atoms with Crippen LogP contribution in [0, 0.1) is 5.82 Å². The zero-order valence-corrected chi connectivity index (χ0v) is 9.79. The van der Waals surface area contributed by atoms with Gasteiger partial charge in [-0.1, -0.05) is 0 Å². The molecule has 0 aromatic heterocycles. The maximum absolute atomic E-state index is 13.1. The molecule has 0 spiro atoms. The van der Waals surface area contributed by atoms with Gasteiger partial charge >= 0.3 is 6.18 Å². The summed E-state index contributed by atoms with van der Waals surface area (Å²) in [7, 11) is 1.19. The Morgan fingerprint density at radius 1 is 1.47 bits per heavy atom. The molecule has 2 N–H and O–H groups in total. The fraction of sp³-hybridized carbons (Fsp3) is 0.364. The summed E-state index contributed by atoms with van der Waals surface area (Å²) in [6.07, 6.45) is -7.47. The molecule has 0 aliphatic rings. The second-order valence-corrected chi connectivity index (χ2v) is 3.62. The summed E-state index contributed by atoms with van der Waals surface area (Å²) in [5.74, 6) is -1.78. The molecule has 1 unspecified atom stereocenters. The van der Waals surface area contributed by atoms with Crippen LogP contribution in [0.5, 0.6) is 5.75 Å². The van der Waals surface area contributed by atoms with Crippen molar-refractivity contribution in [3.05, 3.63) is 29.6 Å².